The van der Waals surface area contributed by atoms with Gasteiger partial charge in [0, 0.05) is 11.7 Å². The lowest BCUT2D eigenvalue weighted by molar-refractivity contribution is -0.144. The van der Waals surface area contributed by atoms with Crippen molar-refractivity contribution >= 4 is 23.8 Å². The lowest BCUT2D eigenvalue weighted by Gasteiger charge is -2.25. The van der Waals surface area contributed by atoms with Crippen LogP contribution in [0.4, 0.5) is 52.7 Å². The Morgan fingerprint density at radius 3 is 1.32 bits per heavy atom. The number of para-hydroxylation sites is 1. The Labute approximate surface area is 207 Å². The highest BCUT2D eigenvalue weighted by Crippen LogP contribution is 2.45. The zero-order chi connectivity index (χ0) is 28.3. The molecule has 0 amide bonds. The van der Waals surface area contributed by atoms with Gasteiger partial charge in [0.15, 0.2) is 0 Å². The van der Waals surface area contributed by atoms with Crippen LogP contribution >= 0.6 is 7.92 Å². The summed E-state index contributed by atoms with van der Waals surface area (Å²) in [6.45, 7) is 0.0578. The van der Waals surface area contributed by atoms with Crippen LogP contribution in [0.1, 0.15) is 27.8 Å². The number of fused-ring (bicyclic) bond motifs is 1. The number of benzene rings is 3. The van der Waals surface area contributed by atoms with Gasteiger partial charge in [-0.2, -0.15) is 52.7 Å². The molecule has 4 rings (SSSR count). The fourth-order valence-electron chi connectivity index (χ4n) is 3.94. The maximum absolute atomic E-state index is 13.6. The first-order valence-electron chi connectivity index (χ1n) is 10.5. The van der Waals surface area contributed by atoms with Gasteiger partial charge in [0.05, 0.1) is 28.9 Å². The Bertz CT molecular complexity index is 1210. The van der Waals surface area contributed by atoms with Gasteiger partial charge in [-0.05, 0) is 60.5 Å². The number of rotatable bonds is 3. The summed E-state index contributed by atoms with van der Waals surface area (Å²) in [5, 5.41) is -1.62. The van der Waals surface area contributed by atoms with E-state index in [1.54, 1.807) is 0 Å². The fraction of sp³-hybridized carbons (Fsp3) is 0.250. The summed E-state index contributed by atoms with van der Waals surface area (Å²) in [6.07, 6.45) is -20.9. The molecule has 0 atom stereocenters. The molecule has 1 aliphatic heterocycles. The standard InChI is InChI=1S/C24H13F12OP/c25-21(26,27)13-6-14(22(28,29)30)9-17(8-13)38(19-3-1-2-12-4-5-37-20(12)19)18-10-15(23(31,32)33)7-16(11-18)24(34,35)36/h1-3,6-11H,4-5H2. The molecule has 0 aromatic heterocycles. The van der Waals surface area contributed by atoms with E-state index in [2.05, 4.69) is 0 Å². The summed E-state index contributed by atoms with van der Waals surface area (Å²) >= 11 is 0. The predicted octanol–water partition coefficient (Wildman–Crippen LogP) is 7.45. The topological polar surface area (TPSA) is 9.23 Å². The molecule has 1 nitrogen and oxygen atoms in total. The van der Waals surface area contributed by atoms with E-state index in [1.807, 2.05) is 0 Å². The third-order valence-electron chi connectivity index (χ3n) is 5.60. The number of ether oxygens (including phenoxy) is 1. The second kappa shape index (κ2) is 9.36. The molecule has 0 bridgehead atoms. The smallest absolute Gasteiger partial charge is 0.416 e. The van der Waals surface area contributed by atoms with Crippen LogP contribution in [0.15, 0.2) is 54.6 Å². The first kappa shape index (κ1) is 28.1. The molecule has 0 spiro atoms. The summed E-state index contributed by atoms with van der Waals surface area (Å²) in [5.41, 5.74) is -6.57. The van der Waals surface area contributed by atoms with Gasteiger partial charge in [-0.1, -0.05) is 18.2 Å². The van der Waals surface area contributed by atoms with Crippen molar-refractivity contribution in [1.29, 1.82) is 0 Å². The molecule has 38 heavy (non-hydrogen) atoms. The van der Waals surface area contributed by atoms with Gasteiger partial charge >= 0.3 is 24.7 Å². The normalized spacial score (nSPS) is 14.6. The molecule has 0 fully saturated rings. The van der Waals surface area contributed by atoms with E-state index in [0.29, 0.717) is 29.8 Å². The van der Waals surface area contributed by atoms with Crippen molar-refractivity contribution in [1.82, 2.24) is 0 Å². The quantitative estimate of drug-likeness (QED) is 0.233. The Balaban J connectivity index is 2.10. The third kappa shape index (κ3) is 5.72. The highest BCUT2D eigenvalue weighted by molar-refractivity contribution is 7.80. The van der Waals surface area contributed by atoms with Gasteiger partial charge in [-0.3, -0.25) is 0 Å². The van der Waals surface area contributed by atoms with Crippen LogP contribution < -0.4 is 20.7 Å². The first-order valence-corrected chi connectivity index (χ1v) is 11.8. The molecule has 0 aliphatic carbocycles. The largest absolute Gasteiger partial charge is 0.492 e. The molecule has 0 N–H and O–H groups in total. The maximum Gasteiger partial charge on any atom is 0.416 e. The molecule has 3 aromatic rings. The molecule has 0 radical (unpaired) electrons. The second-order valence-electron chi connectivity index (χ2n) is 8.23. The monoisotopic (exact) mass is 576 g/mol. The van der Waals surface area contributed by atoms with Crippen molar-refractivity contribution in [2.75, 3.05) is 6.61 Å². The maximum atomic E-state index is 13.6. The van der Waals surface area contributed by atoms with E-state index in [4.69, 9.17) is 4.74 Å². The molecule has 1 heterocycles. The van der Waals surface area contributed by atoms with Gasteiger partial charge in [0.1, 0.15) is 5.75 Å². The SMILES string of the molecule is FC(F)(F)c1cc(P(c2cc(C(F)(F)F)cc(C(F)(F)F)c2)c2cccc3c2OCC3)cc(C(F)(F)F)c1. The van der Waals surface area contributed by atoms with Gasteiger partial charge in [-0.25, -0.2) is 0 Å². The third-order valence-corrected chi connectivity index (χ3v) is 7.98. The van der Waals surface area contributed by atoms with Crippen LogP contribution in [0.5, 0.6) is 5.75 Å². The van der Waals surface area contributed by atoms with Gasteiger partial charge in [-0.15, -0.1) is 0 Å². The molecule has 1 aliphatic rings. The molecule has 0 unspecified atom stereocenters. The number of hydrogen-bond acceptors (Lipinski definition) is 1. The summed E-state index contributed by atoms with van der Waals surface area (Å²) < 4.78 is 168. The van der Waals surface area contributed by atoms with E-state index >= 15 is 0 Å². The minimum absolute atomic E-state index is 0.00412. The minimum Gasteiger partial charge on any atom is -0.492 e. The average molecular weight is 576 g/mol. The number of alkyl halides is 12. The predicted molar refractivity (Wildman–Crippen MR) is 114 cm³/mol. The summed E-state index contributed by atoms with van der Waals surface area (Å²) in [7, 11) is -2.83. The lowest BCUT2D eigenvalue weighted by Crippen LogP contribution is -2.27. The zero-order valence-electron chi connectivity index (χ0n) is 18.5. The Morgan fingerprint density at radius 2 is 0.947 bits per heavy atom. The molecule has 14 heteroatoms. The Kier molecular flexibility index (Phi) is 6.91. The van der Waals surface area contributed by atoms with E-state index in [0.717, 1.165) is 0 Å². The highest BCUT2D eigenvalue weighted by Gasteiger charge is 2.41. The van der Waals surface area contributed by atoms with Crippen molar-refractivity contribution in [3.63, 3.8) is 0 Å². The fourth-order valence-corrected chi connectivity index (χ4v) is 6.51. The van der Waals surface area contributed by atoms with E-state index in [1.165, 1.54) is 18.2 Å². The van der Waals surface area contributed by atoms with Crippen LogP contribution in [-0.2, 0) is 31.1 Å². The lowest BCUT2D eigenvalue weighted by atomic mass is 10.1. The minimum atomic E-state index is -5.29. The van der Waals surface area contributed by atoms with Gasteiger partial charge in [0.25, 0.3) is 0 Å². The molecule has 0 saturated heterocycles. The van der Waals surface area contributed by atoms with Crippen LogP contribution in [-0.4, -0.2) is 6.61 Å². The first-order chi connectivity index (χ1) is 17.4. The van der Waals surface area contributed by atoms with E-state index < -0.39 is 65.5 Å². The summed E-state index contributed by atoms with van der Waals surface area (Å²) in [5.74, 6) is -0.00412. The van der Waals surface area contributed by atoms with Crippen LogP contribution in [0.25, 0.3) is 0 Å². The van der Waals surface area contributed by atoms with Crippen molar-refractivity contribution in [2.45, 2.75) is 31.1 Å². The van der Waals surface area contributed by atoms with E-state index in [-0.39, 0.29) is 36.2 Å². The number of halogens is 12. The molecular weight excluding hydrogens is 563 g/mol. The zero-order valence-corrected chi connectivity index (χ0v) is 19.4. The molecule has 0 saturated carbocycles. The summed E-state index contributed by atoms with van der Waals surface area (Å²) in [6, 6.07) is 4.98. The van der Waals surface area contributed by atoms with Gasteiger partial charge in [0.2, 0.25) is 0 Å². The van der Waals surface area contributed by atoms with Crippen molar-refractivity contribution in [2.24, 2.45) is 0 Å². The Hall–Kier alpha value is -2.95. The second-order valence-corrected chi connectivity index (χ2v) is 10.4. The van der Waals surface area contributed by atoms with Crippen molar-refractivity contribution in [3.8, 4) is 5.75 Å². The van der Waals surface area contributed by atoms with Crippen LogP contribution in [0.3, 0.4) is 0 Å². The van der Waals surface area contributed by atoms with Crippen LogP contribution in [0, 0.1) is 0 Å². The molecule has 204 valence electrons. The van der Waals surface area contributed by atoms with Crippen molar-refractivity contribution < 1.29 is 57.4 Å². The number of hydrogen-bond donors (Lipinski definition) is 0. The average Bonchev–Trinajstić information content (AvgIpc) is 3.26. The van der Waals surface area contributed by atoms with E-state index in [9.17, 15) is 52.7 Å². The Morgan fingerprint density at radius 1 is 0.553 bits per heavy atom. The van der Waals surface area contributed by atoms with Crippen molar-refractivity contribution in [3.05, 3.63) is 82.4 Å². The van der Waals surface area contributed by atoms with Gasteiger partial charge < -0.3 is 4.74 Å². The highest BCUT2D eigenvalue weighted by atomic mass is 31.1. The summed E-state index contributed by atoms with van der Waals surface area (Å²) in [4.78, 5) is 0. The van der Waals surface area contributed by atoms with Crippen LogP contribution in [0.2, 0.25) is 0 Å². The molecule has 3 aromatic carbocycles. The molecular formula is C24H13F12OP.